The highest BCUT2D eigenvalue weighted by molar-refractivity contribution is 5.30. The molecule has 0 aliphatic carbocycles. The molecule has 0 fully saturated rings. The minimum atomic E-state index is -0.902. The van der Waals surface area contributed by atoms with E-state index in [0.29, 0.717) is 5.75 Å². The molecule has 0 bridgehead atoms. The number of hydrogen-bond acceptors (Lipinski definition) is 3. The van der Waals surface area contributed by atoms with E-state index >= 15 is 0 Å². The summed E-state index contributed by atoms with van der Waals surface area (Å²) in [5.74, 6) is -0.199. The number of azide groups is 1. The number of halogens is 1. The first-order valence-electron chi connectivity index (χ1n) is 4.21. The number of benzene rings is 1. The molecule has 5 nitrogen and oxygen atoms in total. The van der Waals surface area contributed by atoms with Crippen molar-refractivity contribution in [3.63, 3.8) is 0 Å². The minimum absolute atomic E-state index is 0.149. The van der Waals surface area contributed by atoms with E-state index in [4.69, 9.17) is 15.4 Å². The second-order valence-electron chi connectivity index (χ2n) is 2.79. The van der Waals surface area contributed by atoms with Crippen molar-refractivity contribution < 1.29 is 14.2 Å². The minimum Gasteiger partial charge on any atom is -0.497 e. The van der Waals surface area contributed by atoms with Gasteiger partial charge in [-0.3, -0.25) is 0 Å². The van der Waals surface area contributed by atoms with Crippen LogP contribution in [0.25, 0.3) is 10.4 Å². The maximum Gasteiger partial charge on any atom is 0.130 e. The molecule has 0 radical (unpaired) electrons. The van der Waals surface area contributed by atoms with E-state index < -0.39 is 18.5 Å². The average Bonchev–Trinajstić information content (AvgIpc) is 2.26. The molecule has 0 aromatic heterocycles. The fraction of sp³-hybridized carbons (Fsp3) is 0.333. The third-order valence-electron chi connectivity index (χ3n) is 1.93. The lowest BCUT2D eigenvalue weighted by Crippen LogP contribution is -2.03. The summed E-state index contributed by atoms with van der Waals surface area (Å²) >= 11 is 0. The SMILES string of the molecule is COc1ccc(C(CO)N=[N+]=[N-])c(F)c1. The molecule has 1 aromatic carbocycles. The van der Waals surface area contributed by atoms with E-state index in [9.17, 15) is 4.39 Å². The number of aliphatic hydroxyl groups excluding tert-OH is 1. The van der Waals surface area contributed by atoms with Gasteiger partial charge in [0.05, 0.1) is 19.8 Å². The Morgan fingerprint density at radius 1 is 1.67 bits per heavy atom. The highest BCUT2D eigenvalue weighted by Crippen LogP contribution is 2.24. The molecule has 0 amide bonds. The first-order valence-corrected chi connectivity index (χ1v) is 4.21. The van der Waals surface area contributed by atoms with E-state index in [1.54, 1.807) is 0 Å². The molecule has 80 valence electrons. The Morgan fingerprint density at radius 2 is 2.40 bits per heavy atom. The van der Waals surface area contributed by atoms with E-state index in [2.05, 4.69) is 10.0 Å². The van der Waals surface area contributed by atoms with E-state index in [0.717, 1.165) is 0 Å². The van der Waals surface area contributed by atoms with Gasteiger partial charge in [0.2, 0.25) is 0 Å². The van der Waals surface area contributed by atoms with Crippen molar-refractivity contribution in [3.05, 3.63) is 40.0 Å². The van der Waals surface area contributed by atoms with Crippen molar-refractivity contribution in [1.82, 2.24) is 0 Å². The largest absolute Gasteiger partial charge is 0.497 e. The standard InChI is InChI=1S/C9H10FN3O2/c1-15-6-2-3-7(8(10)4-6)9(5-14)12-13-11/h2-4,9,14H,5H2,1H3. The van der Waals surface area contributed by atoms with Crippen molar-refractivity contribution in [2.75, 3.05) is 13.7 Å². The molecule has 6 heteroatoms. The molecule has 1 atom stereocenters. The van der Waals surface area contributed by atoms with E-state index in [1.165, 1.54) is 25.3 Å². The Balaban J connectivity index is 3.08. The van der Waals surface area contributed by atoms with Crippen molar-refractivity contribution >= 4 is 0 Å². The molecule has 1 aromatic rings. The maximum absolute atomic E-state index is 13.4. The van der Waals surface area contributed by atoms with Crippen LogP contribution in [0.1, 0.15) is 11.6 Å². The normalized spacial score (nSPS) is 11.7. The topological polar surface area (TPSA) is 78.2 Å². The van der Waals surface area contributed by atoms with E-state index in [-0.39, 0.29) is 5.56 Å². The Morgan fingerprint density at radius 3 is 2.87 bits per heavy atom. The highest BCUT2D eigenvalue weighted by atomic mass is 19.1. The first-order chi connectivity index (χ1) is 7.22. The molecule has 1 N–H and O–H groups in total. The van der Waals surface area contributed by atoms with Crippen molar-refractivity contribution in [1.29, 1.82) is 0 Å². The monoisotopic (exact) mass is 211 g/mol. The number of rotatable bonds is 4. The van der Waals surface area contributed by atoms with Crippen LogP contribution >= 0.6 is 0 Å². The Labute approximate surface area is 85.7 Å². The van der Waals surface area contributed by atoms with Crippen LogP contribution in [0.4, 0.5) is 4.39 Å². The quantitative estimate of drug-likeness (QED) is 0.470. The van der Waals surface area contributed by atoms with Gasteiger partial charge in [0.15, 0.2) is 0 Å². The first kappa shape index (κ1) is 11.3. The lowest BCUT2D eigenvalue weighted by molar-refractivity contribution is 0.265. The fourth-order valence-corrected chi connectivity index (χ4v) is 1.16. The number of methoxy groups -OCH3 is 1. The Hall–Kier alpha value is -1.78. The van der Waals surface area contributed by atoms with Gasteiger partial charge in [0.1, 0.15) is 11.6 Å². The van der Waals surface area contributed by atoms with Crippen LogP contribution in [0.5, 0.6) is 5.75 Å². The fourth-order valence-electron chi connectivity index (χ4n) is 1.16. The van der Waals surface area contributed by atoms with Crippen LogP contribution in [-0.4, -0.2) is 18.8 Å². The molecule has 15 heavy (non-hydrogen) atoms. The van der Waals surface area contributed by atoms with Gasteiger partial charge in [-0.1, -0.05) is 11.2 Å². The summed E-state index contributed by atoms with van der Waals surface area (Å²) in [5.41, 5.74) is 8.37. The van der Waals surface area contributed by atoms with Crippen LogP contribution in [0.2, 0.25) is 0 Å². The third kappa shape index (κ3) is 2.59. The predicted octanol–water partition coefficient (Wildman–Crippen LogP) is 2.18. The zero-order chi connectivity index (χ0) is 11.3. The molecule has 0 aliphatic heterocycles. The summed E-state index contributed by atoms with van der Waals surface area (Å²) in [6, 6.07) is 3.23. The number of aliphatic hydroxyl groups is 1. The molecule has 0 heterocycles. The summed E-state index contributed by atoms with van der Waals surface area (Å²) in [7, 11) is 1.42. The molecule has 0 aliphatic rings. The Bertz CT molecular complexity index is 391. The summed E-state index contributed by atoms with van der Waals surface area (Å²) in [6.07, 6.45) is 0. The van der Waals surface area contributed by atoms with Gasteiger partial charge in [0.25, 0.3) is 0 Å². The number of ether oxygens (including phenoxy) is 1. The predicted molar refractivity (Wildman–Crippen MR) is 51.9 cm³/mol. The molecule has 0 saturated heterocycles. The third-order valence-corrected chi connectivity index (χ3v) is 1.93. The van der Waals surface area contributed by atoms with Gasteiger partial charge in [-0.15, -0.1) is 0 Å². The summed E-state index contributed by atoms with van der Waals surface area (Å²) in [5, 5.41) is 12.2. The zero-order valence-corrected chi connectivity index (χ0v) is 8.09. The van der Waals surface area contributed by atoms with Gasteiger partial charge < -0.3 is 9.84 Å². The Kier molecular flexibility index (Phi) is 3.91. The summed E-state index contributed by atoms with van der Waals surface area (Å²) in [6.45, 7) is -0.437. The van der Waals surface area contributed by atoms with Gasteiger partial charge in [-0.05, 0) is 17.2 Å². The molecular formula is C9H10FN3O2. The average molecular weight is 211 g/mol. The second-order valence-corrected chi connectivity index (χ2v) is 2.79. The molecule has 0 spiro atoms. The second kappa shape index (κ2) is 5.19. The van der Waals surface area contributed by atoms with Gasteiger partial charge in [0, 0.05) is 11.0 Å². The zero-order valence-electron chi connectivity index (χ0n) is 8.09. The van der Waals surface area contributed by atoms with Crippen LogP contribution < -0.4 is 4.74 Å². The lowest BCUT2D eigenvalue weighted by atomic mass is 10.1. The highest BCUT2D eigenvalue weighted by Gasteiger charge is 2.13. The number of hydrogen-bond donors (Lipinski definition) is 1. The molecule has 1 rings (SSSR count). The molecular weight excluding hydrogens is 201 g/mol. The van der Waals surface area contributed by atoms with Gasteiger partial charge >= 0.3 is 0 Å². The maximum atomic E-state index is 13.4. The van der Waals surface area contributed by atoms with Gasteiger partial charge in [-0.2, -0.15) is 0 Å². The van der Waals surface area contributed by atoms with Crippen molar-refractivity contribution in [2.24, 2.45) is 5.11 Å². The molecule has 0 saturated carbocycles. The van der Waals surface area contributed by atoms with Crippen LogP contribution in [0, 0.1) is 5.82 Å². The van der Waals surface area contributed by atoms with Crippen molar-refractivity contribution in [2.45, 2.75) is 6.04 Å². The number of nitrogens with zero attached hydrogens (tertiary/aromatic N) is 3. The summed E-state index contributed by atoms with van der Waals surface area (Å²) < 4.78 is 18.2. The van der Waals surface area contributed by atoms with Crippen LogP contribution in [0.3, 0.4) is 0 Å². The lowest BCUT2D eigenvalue weighted by Gasteiger charge is -2.10. The smallest absolute Gasteiger partial charge is 0.130 e. The molecule has 1 unspecified atom stereocenters. The van der Waals surface area contributed by atoms with Crippen LogP contribution in [0.15, 0.2) is 23.3 Å². The van der Waals surface area contributed by atoms with Crippen LogP contribution in [-0.2, 0) is 0 Å². The van der Waals surface area contributed by atoms with E-state index in [1.807, 2.05) is 0 Å². The van der Waals surface area contributed by atoms with Gasteiger partial charge in [-0.25, -0.2) is 4.39 Å². The van der Waals surface area contributed by atoms with Crippen molar-refractivity contribution in [3.8, 4) is 5.75 Å². The summed E-state index contributed by atoms with van der Waals surface area (Å²) in [4.78, 5) is 2.53.